The first-order chi connectivity index (χ1) is 31.0. The number of carbonyl (C=O) groups is 4. The predicted molar refractivity (Wildman–Crippen MR) is 252 cm³/mol. The van der Waals surface area contributed by atoms with Gasteiger partial charge in [-0.25, -0.2) is 4.79 Å². The van der Waals surface area contributed by atoms with Gasteiger partial charge >= 0.3 is 5.97 Å². The Balaban J connectivity index is 1.36. The molecule has 14 heteroatoms. The zero-order valence-electron chi connectivity index (χ0n) is 36.7. The van der Waals surface area contributed by atoms with Gasteiger partial charge in [-0.15, -0.1) is 0 Å². The summed E-state index contributed by atoms with van der Waals surface area (Å²) in [5.41, 5.74) is 13.6. The van der Waals surface area contributed by atoms with Crippen LogP contribution >= 0.6 is 0 Å². The number of carbonyl (C=O) groups excluding carboxylic acids is 4. The molecule has 0 aromatic heterocycles. The zero-order valence-corrected chi connectivity index (χ0v) is 36.7. The molecule has 5 aromatic carbocycles. The maximum Gasteiger partial charge on any atom is 0.328 e. The van der Waals surface area contributed by atoms with Gasteiger partial charge in [-0.1, -0.05) is 117 Å². The van der Waals surface area contributed by atoms with Gasteiger partial charge in [-0.05, 0) is 90.2 Å². The first-order valence-electron chi connectivity index (χ1n) is 21.8. The molecule has 9 N–H and O–H groups in total. The predicted octanol–water partition coefficient (Wildman–Crippen LogP) is 6.24. The first kappa shape index (κ1) is 48.1. The number of hydrogen-bond donors (Lipinski definition) is 7. The minimum atomic E-state index is -1.11. The van der Waals surface area contributed by atoms with Crippen LogP contribution in [-0.4, -0.2) is 74.1 Å². The van der Waals surface area contributed by atoms with E-state index < -0.39 is 48.4 Å². The van der Waals surface area contributed by atoms with Gasteiger partial charge in [0.05, 0.1) is 0 Å². The Kier molecular flexibility index (Phi) is 18.5. The largest absolute Gasteiger partial charge is 0.489 e. The molecule has 0 spiro atoms. The third-order valence-electron chi connectivity index (χ3n) is 10.5. The van der Waals surface area contributed by atoms with Crippen LogP contribution in [0.3, 0.4) is 0 Å². The monoisotopic (exact) mass is 871 g/mol. The summed E-state index contributed by atoms with van der Waals surface area (Å²) in [6.45, 7) is 8.20. The van der Waals surface area contributed by atoms with E-state index in [9.17, 15) is 19.2 Å². The number of fused-ring (bicyclic) bond motifs is 2. The number of guanidine groups is 1. The lowest BCUT2D eigenvalue weighted by molar-refractivity contribution is -0.150. The highest BCUT2D eigenvalue weighted by Gasteiger charge is 2.31. The molecule has 14 nitrogen and oxygen atoms in total. The maximum absolute atomic E-state index is 14.1. The van der Waals surface area contributed by atoms with Crippen molar-refractivity contribution in [2.75, 3.05) is 26.3 Å². The summed E-state index contributed by atoms with van der Waals surface area (Å²) in [7, 11) is 0. The van der Waals surface area contributed by atoms with Crippen molar-refractivity contribution in [3.8, 4) is 22.6 Å². The van der Waals surface area contributed by atoms with Gasteiger partial charge in [-0.3, -0.25) is 19.8 Å². The molecular formula is C50H61N7O7. The van der Waals surface area contributed by atoms with Crippen molar-refractivity contribution < 1.29 is 33.4 Å². The molecule has 0 bridgehead atoms. The Morgan fingerprint density at radius 3 is 1.86 bits per heavy atom. The van der Waals surface area contributed by atoms with E-state index in [2.05, 4.69) is 27.8 Å². The zero-order chi connectivity index (χ0) is 45.8. The standard InChI is InChI=1S/C50H61N7O7/c1-4-29-62-42-25-23-35-17-8-10-19-37(35)45(42)46-38-20-11-9-18-36(38)24-26-43(46)63-32-44(58)55-39(21-12-13-27-51)47(59)56-40(22-14-28-54-50(52)53)48(60)57-41(30-33(2)3)49(61)64-31-34-15-6-5-7-16-34/h4-11,15-20,23-26,33,39-41H,1,12-14,21-22,27-32,51H2,2-3H3,(H,55,58)(H,56,59)(H,57,60)(H4,52,53,54)/t39-,40-,41+/m1/s1. The molecule has 0 radical (unpaired) electrons. The molecule has 5 aromatic rings. The van der Waals surface area contributed by atoms with E-state index in [4.69, 9.17) is 31.1 Å². The third kappa shape index (κ3) is 14.0. The van der Waals surface area contributed by atoms with E-state index in [1.165, 1.54) is 0 Å². The lowest BCUT2D eigenvalue weighted by Gasteiger charge is -2.26. The number of ether oxygens (including phenoxy) is 3. The van der Waals surface area contributed by atoms with Crippen LogP contribution in [0.2, 0.25) is 0 Å². The van der Waals surface area contributed by atoms with Crippen LogP contribution in [-0.2, 0) is 30.5 Å². The van der Waals surface area contributed by atoms with Crippen LogP contribution < -0.4 is 42.2 Å². The molecule has 0 aliphatic heterocycles. The SMILES string of the molecule is C=CCOc1ccc2ccccc2c1-c1c(OCC(=O)N[C@H](CCCCN)C(=O)N[C@H](CCCNC(=N)N)C(=O)N[C@@H](CC(C)C)C(=O)OCc2ccccc2)ccc2ccccc12. The van der Waals surface area contributed by atoms with E-state index in [1.54, 1.807) is 6.08 Å². The Bertz CT molecular complexity index is 2370. The Labute approximate surface area is 375 Å². The highest BCUT2D eigenvalue weighted by Crippen LogP contribution is 2.45. The van der Waals surface area contributed by atoms with Crippen LogP contribution in [0.25, 0.3) is 32.7 Å². The van der Waals surface area contributed by atoms with E-state index in [0.29, 0.717) is 43.7 Å². The normalized spacial score (nSPS) is 12.4. The second kappa shape index (κ2) is 24.6. The number of benzene rings is 5. The molecule has 64 heavy (non-hydrogen) atoms. The van der Waals surface area contributed by atoms with Crippen molar-refractivity contribution in [3.63, 3.8) is 0 Å². The molecule has 3 atom stereocenters. The lowest BCUT2D eigenvalue weighted by Crippen LogP contribution is -2.56. The Hall–Kier alpha value is -6.93. The van der Waals surface area contributed by atoms with Crippen molar-refractivity contribution in [1.82, 2.24) is 21.3 Å². The number of rotatable bonds is 25. The third-order valence-corrected chi connectivity index (χ3v) is 10.5. The van der Waals surface area contributed by atoms with Crippen LogP contribution in [0.4, 0.5) is 0 Å². The van der Waals surface area contributed by atoms with Crippen molar-refractivity contribution in [2.24, 2.45) is 17.4 Å². The Morgan fingerprint density at radius 2 is 1.27 bits per heavy atom. The van der Waals surface area contributed by atoms with E-state index in [-0.39, 0.29) is 44.5 Å². The van der Waals surface area contributed by atoms with Gasteiger partial charge in [-0.2, -0.15) is 0 Å². The number of nitrogens with one attached hydrogen (secondary N) is 5. The van der Waals surface area contributed by atoms with Crippen LogP contribution in [0, 0.1) is 11.3 Å². The average molecular weight is 872 g/mol. The Morgan fingerprint density at radius 1 is 0.703 bits per heavy atom. The number of hydrogen-bond acceptors (Lipinski definition) is 9. The average Bonchev–Trinajstić information content (AvgIpc) is 3.29. The smallest absolute Gasteiger partial charge is 0.328 e. The summed E-state index contributed by atoms with van der Waals surface area (Å²) in [4.78, 5) is 55.3. The van der Waals surface area contributed by atoms with Gasteiger partial charge in [0, 0.05) is 17.7 Å². The molecule has 0 saturated carbocycles. The maximum atomic E-state index is 14.1. The van der Waals surface area contributed by atoms with Gasteiger partial charge in [0.1, 0.15) is 42.8 Å². The van der Waals surface area contributed by atoms with Crippen LogP contribution in [0.15, 0.2) is 116 Å². The minimum absolute atomic E-state index is 0.0251. The van der Waals surface area contributed by atoms with E-state index in [0.717, 1.165) is 38.2 Å². The summed E-state index contributed by atoms with van der Waals surface area (Å²) in [5.74, 6) is -1.50. The van der Waals surface area contributed by atoms with Gasteiger partial charge in [0.15, 0.2) is 12.6 Å². The first-order valence-corrected chi connectivity index (χ1v) is 21.8. The second-order valence-corrected chi connectivity index (χ2v) is 15.9. The second-order valence-electron chi connectivity index (χ2n) is 15.9. The van der Waals surface area contributed by atoms with Gasteiger partial charge < -0.3 is 46.9 Å². The highest BCUT2D eigenvalue weighted by atomic mass is 16.5. The topological polar surface area (TPSA) is 220 Å². The number of unbranched alkanes of at least 4 members (excludes halogenated alkanes) is 1. The lowest BCUT2D eigenvalue weighted by atomic mass is 9.92. The molecule has 3 amide bonds. The summed E-state index contributed by atoms with van der Waals surface area (Å²) in [6.07, 6.45) is 3.80. The molecule has 0 aliphatic carbocycles. The van der Waals surface area contributed by atoms with Gasteiger partial charge in [0.25, 0.3) is 5.91 Å². The summed E-state index contributed by atoms with van der Waals surface area (Å²) in [6, 6.07) is 29.6. The quantitative estimate of drug-likeness (QED) is 0.0115. The molecular weight excluding hydrogens is 811 g/mol. The van der Waals surface area contributed by atoms with Crippen LogP contribution in [0.5, 0.6) is 11.5 Å². The van der Waals surface area contributed by atoms with Crippen molar-refractivity contribution in [1.29, 1.82) is 5.41 Å². The molecule has 0 aliphatic rings. The fourth-order valence-electron chi connectivity index (χ4n) is 7.41. The summed E-state index contributed by atoms with van der Waals surface area (Å²) in [5, 5.41) is 22.5. The summed E-state index contributed by atoms with van der Waals surface area (Å²) < 4.78 is 18.1. The molecule has 0 unspecified atom stereocenters. The highest BCUT2D eigenvalue weighted by molar-refractivity contribution is 6.10. The number of nitrogens with two attached hydrogens (primary N) is 2. The molecule has 5 rings (SSSR count). The summed E-state index contributed by atoms with van der Waals surface area (Å²) >= 11 is 0. The van der Waals surface area contributed by atoms with Gasteiger partial charge in [0.2, 0.25) is 11.8 Å². The van der Waals surface area contributed by atoms with E-state index in [1.807, 2.05) is 117 Å². The molecule has 0 saturated heterocycles. The molecule has 0 fully saturated rings. The van der Waals surface area contributed by atoms with Crippen molar-refractivity contribution >= 4 is 51.2 Å². The molecule has 0 heterocycles. The minimum Gasteiger partial charge on any atom is -0.489 e. The van der Waals surface area contributed by atoms with E-state index >= 15 is 0 Å². The molecule has 338 valence electrons. The van der Waals surface area contributed by atoms with Crippen molar-refractivity contribution in [3.05, 3.63) is 121 Å². The number of esters is 1. The van der Waals surface area contributed by atoms with Crippen LogP contribution in [0.1, 0.15) is 57.9 Å². The fourth-order valence-corrected chi connectivity index (χ4v) is 7.41. The number of amides is 3. The fraction of sp³-hybridized carbons (Fsp3) is 0.340. The van der Waals surface area contributed by atoms with Crippen molar-refractivity contribution in [2.45, 2.75) is 77.1 Å².